The Balaban J connectivity index is 0.000000235. The summed E-state index contributed by atoms with van der Waals surface area (Å²) in [6.07, 6.45) is 21.7. The number of methoxy groups -OCH3 is 2. The zero-order valence-corrected chi connectivity index (χ0v) is 102. The summed E-state index contributed by atoms with van der Waals surface area (Å²) >= 11 is 0. The van der Waals surface area contributed by atoms with E-state index in [1.54, 1.807) is 14.2 Å². The second kappa shape index (κ2) is 58.0. The van der Waals surface area contributed by atoms with E-state index in [1.165, 1.54) is 149 Å². The van der Waals surface area contributed by atoms with E-state index in [1.807, 2.05) is 32.6 Å². The van der Waals surface area contributed by atoms with E-state index in [-0.39, 0.29) is 83.7 Å². The van der Waals surface area contributed by atoms with Gasteiger partial charge >= 0.3 is 8.16 Å². The van der Waals surface area contributed by atoms with Crippen LogP contribution in [0.4, 0.5) is 0 Å². The average molecular weight is 2140 g/mol. The maximum absolute atomic E-state index is 6.33. The van der Waals surface area contributed by atoms with Crippen LogP contribution >= 0.6 is 47.8 Å². The number of hydrogen-bond donors (Lipinski definition) is 0. The number of nitrogens with zero attached hydrogens (tertiary/aromatic N) is 3. The van der Waals surface area contributed by atoms with Gasteiger partial charge in [0, 0.05) is 68.2 Å². The molecular weight excluding hydrogens is 1940 g/mol. The Labute approximate surface area is 909 Å². The molecule has 0 radical (unpaired) electrons. The molecule has 2 heterocycles. The maximum atomic E-state index is 6.33. The molecule has 0 amide bonds. The minimum atomic E-state index is -1.21. The first-order chi connectivity index (χ1) is 67.5. The maximum Gasteiger partial charge on any atom is 0.309 e. The molecule has 1 aromatic heterocycles. The van der Waals surface area contributed by atoms with Gasteiger partial charge in [0.1, 0.15) is 11.2 Å². The Morgan fingerprint density at radius 2 is 0.678 bits per heavy atom. The third-order valence-electron chi connectivity index (χ3n) is 32.5. The largest absolute Gasteiger partial charge is 0.408 e. The van der Waals surface area contributed by atoms with Gasteiger partial charge in [-0.15, -0.1) is 7.92 Å². The van der Waals surface area contributed by atoms with E-state index in [0.29, 0.717) is 67.0 Å². The van der Waals surface area contributed by atoms with Gasteiger partial charge in [-0.25, -0.2) is 4.67 Å². The first-order valence-electron chi connectivity index (χ1n) is 54.2. The van der Waals surface area contributed by atoms with Gasteiger partial charge in [-0.05, 0) is 311 Å². The minimum Gasteiger partial charge on any atom is -0.408 e. The third kappa shape index (κ3) is 34.5. The van der Waals surface area contributed by atoms with Crippen LogP contribution in [0.3, 0.4) is 0 Å². The molecule has 4 aliphatic carbocycles. The van der Waals surface area contributed by atoms with Crippen molar-refractivity contribution < 1.29 is 44.4 Å². The zero-order chi connectivity index (χ0) is 105. The van der Waals surface area contributed by atoms with E-state index in [4.69, 9.17) is 27.3 Å². The Morgan fingerprint density at radius 3 is 0.952 bits per heavy atom. The van der Waals surface area contributed by atoms with Crippen LogP contribution in [-0.2, 0) is 36.0 Å². The summed E-state index contributed by atoms with van der Waals surface area (Å²) in [5, 5.41) is 14.7. The molecule has 808 valence electrons. The molecule has 16 heteroatoms. The summed E-state index contributed by atoms with van der Waals surface area (Å²) in [4.78, 5) is 4.89. The van der Waals surface area contributed by atoms with Crippen LogP contribution in [0.2, 0.25) is 0 Å². The summed E-state index contributed by atoms with van der Waals surface area (Å²) in [5.74, 6) is 5.95. The molecule has 11 aromatic rings. The Bertz CT molecular complexity index is 5180. The molecule has 0 spiro atoms. The third-order valence-corrected chi connectivity index (χ3v) is 51.1. The topological polar surface area (TPSA) is 72.9 Å². The summed E-state index contributed by atoms with van der Waals surface area (Å²) in [6, 6.07) is 93.5. The molecule has 18 atom stereocenters. The molecule has 9 nitrogen and oxygen atoms in total. The predicted molar refractivity (Wildman–Crippen MR) is 653 cm³/mol. The van der Waals surface area contributed by atoms with Crippen molar-refractivity contribution in [2.24, 2.45) is 57.7 Å². The molecule has 0 N–H and O–H groups in total. The second-order valence-corrected chi connectivity index (χ2v) is 65.0. The zero-order valence-electron chi connectivity index (χ0n) is 95.6. The fourth-order valence-electron chi connectivity index (χ4n) is 22.6. The second-order valence-electron chi connectivity index (χ2n) is 48.7. The summed E-state index contributed by atoms with van der Waals surface area (Å²) in [5.41, 5.74) is 7.62. The first-order valence-corrected chi connectivity index (χ1v) is 64.1. The van der Waals surface area contributed by atoms with Gasteiger partial charge in [-0.1, -0.05) is 444 Å². The van der Waals surface area contributed by atoms with Crippen LogP contribution in [0.15, 0.2) is 263 Å². The van der Waals surface area contributed by atoms with E-state index >= 15 is 0 Å². The van der Waals surface area contributed by atoms with Crippen molar-refractivity contribution in [1.29, 1.82) is 0 Å². The van der Waals surface area contributed by atoms with Crippen molar-refractivity contribution in [1.82, 2.24) is 9.80 Å². The van der Waals surface area contributed by atoms with E-state index < -0.39 is 19.7 Å². The number of ether oxygens (including phenoxy) is 4. The van der Waals surface area contributed by atoms with Crippen LogP contribution in [0.25, 0.3) is 43.5 Å². The van der Waals surface area contributed by atoms with E-state index in [2.05, 4.69) is 458 Å². The van der Waals surface area contributed by atoms with Gasteiger partial charge in [0.2, 0.25) is 11.6 Å². The molecule has 146 heavy (non-hydrogen) atoms. The Morgan fingerprint density at radius 1 is 0.384 bits per heavy atom. The number of rotatable bonds is 23. The molecule has 10 aromatic carbocycles. The summed E-state index contributed by atoms with van der Waals surface area (Å²) < 4.78 is 37.5. The molecule has 0 bridgehead atoms. The van der Waals surface area contributed by atoms with Crippen molar-refractivity contribution in [2.45, 2.75) is 333 Å². The monoisotopic (exact) mass is 2140 g/mol. The Kier molecular flexibility index (Phi) is 50.8. The van der Waals surface area contributed by atoms with Crippen molar-refractivity contribution in [3.8, 4) is 0 Å². The number of hydrogen-bond acceptors (Lipinski definition) is 9. The van der Waals surface area contributed by atoms with Gasteiger partial charge in [-0.3, -0.25) is 0 Å². The smallest absolute Gasteiger partial charge is 0.309 e. The average Bonchev–Trinajstić information content (AvgIpc) is 1.52. The van der Waals surface area contributed by atoms with Crippen molar-refractivity contribution >= 4 is 112 Å². The molecule has 5 aliphatic rings. The van der Waals surface area contributed by atoms with Crippen LogP contribution in [0.5, 0.6) is 0 Å². The molecule has 4 saturated carbocycles. The van der Waals surface area contributed by atoms with Gasteiger partial charge in [0.05, 0.1) is 12.2 Å². The van der Waals surface area contributed by atoms with Gasteiger partial charge in [0.15, 0.2) is 0 Å². The molecular formula is C130H199FeN3O6P6. The molecule has 10 unspecified atom stereocenters. The van der Waals surface area contributed by atoms with Crippen LogP contribution in [0.1, 0.15) is 294 Å². The van der Waals surface area contributed by atoms with E-state index in [0.717, 1.165) is 64.4 Å². The van der Waals surface area contributed by atoms with Crippen LogP contribution in [0, 0.1) is 57.7 Å². The molecule has 16 rings (SSSR count). The number of fused-ring (bicyclic) bond motifs is 7. The quantitative estimate of drug-likeness (QED) is 0.0460. The summed E-state index contributed by atoms with van der Waals surface area (Å²) in [7, 11) is 14.9. The van der Waals surface area contributed by atoms with Crippen LogP contribution < -0.4 is 25.9 Å². The SMILES string of the molecule is C.C.CC(C)(C)[C@H]1CCC[C@@H]1[C@H]1CCC[C@@H]1C(C)(C)C.CC(CCP(C)C(C)(C)C)C(C)(C)C.CC[C@@H]1OC(C)(OC)[C@@](C)(OC)O[C@H]1CC.CN(C)C(c1ccccc1)C1CCCC1P(c1ccccc1)c1ccccc1.CN(C)C(c1ccccc1)C1CCCC1P(c1ccccc1)c1ccccc1.CN(C)p1oc2ccc3ccccc3c2c2c(ccc3ccccc32)o1.CP(C[P@@](C)C(C)(C)C)C(C)(C)C.[Fe]. The first kappa shape index (κ1) is 128. The van der Waals surface area contributed by atoms with Gasteiger partial charge < -0.3 is 37.1 Å². The Hall–Kier alpha value is -4.99. The fraction of sp³-hybridized carbons (Fsp3) is 0.569. The van der Waals surface area contributed by atoms with Crippen molar-refractivity contribution in [3.05, 3.63) is 266 Å². The fourth-order valence-corrected chi connectivity index (χ4v) is 37.3. The van der Waals surface area contributed by atoms with E-state index in [9.17, 15) is 0 Å². The van der Waals surface area contributed by atoms with Crippen molar-refractivity contribution in [2.75, 3.05) is 93.2 Å². The molecule has 5 fully saturated rings. The summed E-state index contributed by atoms with van der Waals surface area (Å²) in [6.45, 7) is 60.9. The van der Waals surface area contributed by atoms with Gasteiger partial charge in [0.25, 0.3) is 0 Å². The normalized spacial score (nSPS) is 23.0. The van der Waals surface area contributed by atoms with Crippen LogP contribution in [-0.4, -0.2) is 149 Å². The standard InChI is InChI=1S/2C26H30NP.C22H18NO2P.C18H34.C13H29P.C12H24O4.C11H26P2.2CH4.Fe/c2*1-27(2)26(21-13-6-3-7-14-21)24-19-12-20-25(24)28(22-15-8-4-9-16-22)23-17-10-5-11-18-23;1-23(2)26-24-19-13-11-15-7-3-5-9-17(15)21(19)22-18-10-6-4-8-16(18)12-14-20(22)25-26;1-17(2,3)15-11-7-9-13(15)14-10-8-12-16(14)18(4,5)6;1-11(12(2,3)4)9-10-14(8)13(5,6)7;1-7-9-10(8-2)16-12(4,14-6)11(3,13-5)15-9;1-10(2,3)12(7)9-13(8)11(4,5)6;;;/h2*3-11,13-18,24-26H,12,19-20H2,1-2H3;3-14H,1-2H3;13-16H,7-12H2,1-6H3;11H,9-10H2,1-8H3;9-10H,7-8H2,1-6H3;9H2,1-8H3;2*1H4;/t;;;13-,14-,15+,16+;;9-,10-,11-,12?;12-,13?;;;/m...1.01.../s1. The minimum absolute atomic E-state index is 0. The van der Waals surface area contributed by atoms with Crippen molar-refractivity contribution in [3.63, 3.8) is 0 Å². The van der Waals surface area contributed by atoms with Gasteiger partial charge in [-0.2, -0.15) is 0 Å². The number of benzene rings is 10. The molecule has 1 saturated heterocycles. The molecule has 1 aliphatic heterocycles. The predicted octanol–water partition coefficient (Wildman–Crippen LogP) is 37.2.